The van der Waals surface area contributed by atoms with E-state index in [9.17, 15) is 0 Å². The summed E-state index contributed by atoms with van der Waals surface area (Å²) < 4.78 is 5.70. The second-order valence-electron chi connectivity index (χ2n) is 4.18. The molecule has 0 bridgehead atoms. The number of piperazine rings is 1. The number of rotatable bonds is 2. The molecule has 2 N–H and O–H groups in total. The van der Waals surface area contributed by atoms with Gasteiger partial charge in [-0.25, -0.2) is 0 Å². The van der Waals surface area contributed by atoms with Crippen LogP contribution in [0.15, 0.2) is 0 Å². The summed E-state index contributed by atoms with van der Waals surface area (Å²) in [7, 11) is 0. The zero-order chi connectivity index (χ0) is 9.10. The third kappa shape index (κ3) is 2.22. The molecule has 13 heavy (non-hydrogen) atoms. The fourth-order valence-corrected chi connectivity index (χ4v) is 2.32. The van der Waals surface area contributed by atoms with Gasteiger partial charge in [0.15, 0.2) is 0 Å². The Morgan fingerprint density at radius 1 is 1.38 bits per heavy atom. The fourth-order valence-electron chi connectivity index (χ4n) is 2.32. The average Bonchev–Trinajstić information content (AvgIpc) is 2.71. The lowest BCUT2D eigenvalue weighted by Crippen LogP contribution is -2.53. The van der Waals surface area contributed by atoms with E-state index >= 15 is 0 Å². The minimum Gasteiger partial charge on any atom is -0.378 e. The standard InChI is InChI=1S/C10H20N2O/c1-8(10-3-2-6-13-10)9-7-11-4-5-12-9/h8-12H,2-7H2,1H3. The predicted octanol–water partition coefficient (Wildman–Crippen LogP) is 0.363. The summed E-state index contributed by atoms with van der Waals surface area (Å²) >= 11 is 0. The van der Waals surface area contributed by atoms with Crippen LogP contribution in [-0.4, -0.2) is 38.4 Å². The molecule has 2 rings (SSSR count). The lowest BCUT2D eigenvalue weighted by Gasteiger charge is -2.32. The lowest BCUT2D eigenvalue weighted by atomic mass is 9.93. The van der Waals surface area contributed by atoms with Crippen LogP contribution >= 0.6 is 0 Å². The van der Waals surface area contributed by atoms with Gasteiger partial charge in [-0.05, 0) is 18.8 Å². The first-order chi connectivity index (χ1) is 6.38. The average molecular weight is 184 g/mol. The van der Waals surface area contributed by atoms with Crippen LogP contribution in [0.2, 0.25) is 0 Å². The van der Waals surface area contributed by atoms with Gasteiger partial charge in [-0.15, -0.1) is 0 Å². The van der Waals surface area contributed by atoms with Crippen molar-refractivity contribution in [1.82, 2.24) is 10.6 Å². The molecule has 2 aliphatic rings. The lowest BCUT2D eigenvalue weighted by molar-refractivity contribution is 0.0518. The highest BCUT2D eigenvalue weighted by molar-refractivity contribution is 4.85. The van der Waals surface area contributed by atoms with Crippen LogP contribution < -0.4 is 10.6 Å². The van der Waals surface area contributed by atoms with E-state index in [1.54, 1.807) is 0 Å². The molecule has 0 aromatic rings. The summed E-state index contributed by atoms with van der Waals surface area (Å²) in [5.41, 5.74) is 0. The maximum atomic E-state index is 5.70. The van der Waals surface area contributed by atoms with Crippen molar-refractivity contribution in [2.75, 3.05) is 26.2 Å². The Hall–Kier alpha value is -0.120. The second-order valence-corrected chi connectivity index (χ2v) is 4.18. The summed E-state index contributed by atoms with van der Waals surface area (Å²) in [5.74, 6) is 0.648. The van der Waals surface area contributed by atoms with E-state index in [1.165, 1.54) is 12.8 Å². The first-order valence-corrected chi connectivity index (χ1v) is 5.43. The quantitative estimate of drug-likeness (QED) is 0.650. The van der Waals surface area contributed by atoms with E-state index in [4.69, 9.17) is 4.74 Å². The largest absolute Gasteiger partial charge is 0.378 e. The number of nitrogens with one attached hydrogen (secondary N) is 2. The predicted molar refractivity (Wildman–Crippen MR) is 52.8 cm³/mol. The van der Waals surface area contributed by atoms with Gasteiger partial charge in [-0.1, -0.05) is 6.92 Å². The number of hydrogen-bond donors (Lipinski definition) is 2. The number of hydrogen-bond acceptors (Lipinski definition) is 3. The van der Waals surface area contributed by atoms with Crippen molar-refractivity contribution in [3.8, 4) is 0 Å². The van der Waals surface area contributed by atoms with E-state index in [1.807, 2.05) is 0 Å². The molecular formula is C10H20N2O. The highest BCUT2D eigenvalue weighted by Gasteiger charge is 2.29. The molecular weight excluding hydrogens is 164 g/mol. The van der Waals surface area contributed by atoms with Crippen LogP contribution in [0.5, 0.6) is 0 Å². The highest BCUT2D eigenvalue weighted by Crippen LogP contribution is 2.22. The summed E-state index contributed by atoms with van der Waals surface area (Å²) in [6.07, 6.45) is 2.99. The van der Waals surface area contributed by atoms with Gasteiger partial charge in [0.05, 0.1) is 6.10 Å². The molecule has 0 aliphatic carbocycles. The van der Waals surface area contributed by atoms with Gasteiger partial charge in [-0.3, -0.25) is 0 Å². The summed E-state index contributed by atoms with van der Waals surface area (Å²) in [6.45, 7) is 6.58. The first kappa shape index (κ1) is 9.44. The van der Waals surface area contributed by atoms with E-state index < -0.39 is 0 Å². The zero-order valence-electron chi connectivity index (χ0n) is 8.38. The van der Waals surface area contributed by atoms with Gasteiger partial charge < -0.3 is 15.4 Å². The van der Waals surface area contributed by atoms with Gasteiger partial charge in [0.2, 0.25) is 0 Å². The van der Waals surface area contributed by atoms with Crippen LogP contribution in [0.1, 0.15) is 19.8 Å². The van der Waals surface area contributed by atoms with Crippen LogP contribution in [0.4, 0.5) is 0 Å². The van der Waals surface area contributed by atoms with E-state index in [2.05, 4.69) is 17.6 Å². The molecule has 3 heteroatoms. The van der Waals surface area contributed by atoms with Crippen molar-refractivity contribution in [2.24, 2.45) is 5.92 Å². The smallest absolute Gasteiger partial charge is 0.0616 e. The minimum atomic E-state index is 0.498. The molecule has 2 heterocycles. The Kier molecular flexibility index (Phi) is 3.19. The topological polar surface area (TPSA) is 33.3 Å². The molecule has 2 saturated heterocycles. The first-order valence-electron chi connectivity index (χ1n) is 5.43. The van der Waals surface area contributed by atoms with Gasteiger partial charge in [0, 0.05) is 32.3 Å². The SMILES string of the molecule is CC(C1CNCCN1)C1CCCO1. The van der Waals surface area contributed by atoms with Crippen molar-refractivity contribution in [1.29, 1.82) is 0 Å². The summed E-state index contributed by atoms with van der Waals surface area (Å²) in [4.78, 5) is 0. The zero-order valence-corrected chi connectivity index (χ0v) is 8.38. The molecule has 3 unspecified atom stereocenters. The minimum absolute atomic E-state index is 0.498. The van der Waals surface area contributed by atoms with E-state index in [0.29, 0.717) is 18.1 Å². The molecule has 0 aromatic heterocycles. The molecule has 0 aromatic carbocycles. The summed E-state index contributed by atoms with van der Waals surface area (Å²) in [5, 5.41) is 6.97. The Bertz CT molecular complexity index is 151. The van der Waals surface area contributed by atoms with Crippen LogP contribution in [0.3, 0.4) is 0 Å². The van der Waals surface area contributed by atoms with Gasteiger partial charge in [0.25, 0.3) is 0 Å². The van der Waals surface area contributed by atoms with Crippen LogP contribution in [0, 0.1) is 5.92 Å². The van der Waals surface area contributed by atoms with Crippen LogP contribution in [-0.2, 0) is 4.74 Å². The van der Waals surface area contributed by atoms with Gasteiger partial charge in [-0.2, -0.15) is 0 Å². The van der Waals surface area contributed by atoms with E-state index in [-0.39, 0.29) is 0 Å². The normalized spacial score (nSPS) is 37.6. The monoisotopic (exact) mass is 184 g/mol. The van der Waals surface area contributed by atoms with Crippen molar-refractivity contribution in [3.05, 3.63) is 0 Å². The number of ether oxygens (including phenoxy) is 1. The molecule has 3 atom stereocenters. The Morgan fingerprint density at radius 3 is 2.92 bits per heavy atom. The Labute approximate surface area is 80.2 Å². The molecule has 76 valence electrons. The molecule has 0 amide bonds. The van der Waals surface area contributed by atoms with Crippen molar-refractivity contribution < 1.29 is 4.74 Å². The Balaban J connectivity index is 1.83. The third-order valence-electron chi connectivity index (χ3n) is 3.26. The van der Waals surface area contributed by atoms with Crippen molar-refractivity contribution >= 4 is 0 Å². The summed E-state index contributed by atoms with van der Waals surface area (Å²) in [6, 6.07) is 0.608. The van der Waals surface area contributed by atoms with Gasteiger partial charge in [0.1, 0.15) is 0 Å². The van der Waals surface area contributed by atoms with Crippen molar-refractivity contribution in [2.45, 2.75) is 31.9 Å². The van der Waals surface area contributed by atoms with Crippen molar-refractivity contribution in [3.63, 3.8) is 0 Å². The molecule has 3 nitrogen and oxygen atoms in total. The third-order valence-corrected chi connectivity index (χ3v) is 3.26. The molecule has 0 saturated carbocycles. The van der Waals surface area contributed by atoms with Crippen LogP contribution in [0.25, 0.3) is 0 Å². The fraction of sp³-hybridized carbons (Fsp3) is 1.00. The molecule has 0 radical (unpaired) electrons. The maximum absolute atomic E-state index is 5.70. The van der Waals surface area contributed by atoms with Gasteiger partial charge >= 0.3 is 0 Å². The maximum Gasteiger partial charge on any atom is 0.0616 e. The highest BCUT2D eigenvalue weighted by atomic mass is 16.5. The van der Waals surface area contributed by atoms with E-state index in [0.717, 1.165) is 26.2 Å². The second kappa shape index (κ2) is 4.40. The Morgan fingerprint density at radius 2 is 2.31 bits per heavy atom. The molecule has 0 spiro atoms. The molecule has 2 fully saturated rings. The molecule has 2 aliphatic heterocycles.